The van der Waals surface area contributed by atoms with Gasteiger partial charge in [-0.1, -0.05) is 25.7 Å². The first-order valence-electron chi connectivity index (χ1n) is 8.71. The standard InChI is InChI=1S/C17H22F3N5/c1-2-25-11-12(10-21-25)14-9-15(17(18,19)20)24-16(23-14)22-13-7-5-3-4-6-8-13/h9-11,13H,2-8H2,1H3,(H,22,23,24). The Kier molecular flexibility index (Phi) is 5.24. The van der Waals surface area contributed by atoms with Crippen LogP contribution in [0, 0.1) is 0 Å². The van der Waals surface area contributed by atoms with Crippen LogP contribution in [0.3, 0.4) is 0 Å². The maximum atomic E-state index is 13.2. The molecular weight excluding hydrogens is 331 g/mol. The molecule has 0 amide bonds. The molecule has 0 spiro atoms. The quantitative estimate of drug-likeness (QED) is 0.822. The zero-order valence-corrected chi connectivity index (χ0v) is 14.2. The molecule has 8 heteroatoms. The van der Waals surface area contributed by atoms with E-state index in [1.807, 2.05) is 6.92 Å². The highest BCUT2D eigenvalue weighted by molar-refractivity contribution is 5.59. The minimum atomic E-state index is -4.52. The number of aryl methyl sites for hydroxylation is 1. The van der Waals surface area contributed by atoms with E-state index < -0.39 is 11.9 Å². The van der Waals surface area contributed by atoms with Crippen LogP contribution < -0.4 is 5.32 Å². The monoisotopic (exact) mass is 353 g/mol. The first-order chi connectivity index (χ1) is 12.0. The summed E-state index contributed by atoms with van der Waals surface area (Å²) in [4.78, 5) is 8.02. The molecule has 136 valence electrons. The predicted octanol–water partition coefficient (Wildman–Crippen LogP) is 4.51. The van der Waals surface area contributed by atoms with Crippen molar-refractivity contribution in [2.45, 2.75) is 64.2 Å². The van der Waals surface area contributed by atoms with E-state index in [-0.39, 0.29) is 17.7 Å². The highest BCUT2D eigenvalue weighted by Crippen LogP contribution is 2.31. The van der Waals surface area contributed by atoms with Gasteiger partial charge in [-0.05, 0) is 25.8 Å². The molecule has 0 aliphatic heterocycles. The van der Waals surface area contributed by atoms with E-state index in [2.05, 4.69) is 20.4 Å². The summed E-state index contributed by atoms with van der Waals surface area (Å²) in [5.41, 5.74) is -0.144. The van der Waals surface area contributed by atoms with Crippen LogP contribution in [0.4, 0.5) is 19.1 Å². The van der Waals surface area contributed by atoms with Crippen LogP contribution in [0.2, 0.25) is 0 Å². The summed E-state index contributed by atoms with van der Waals surface area (Å²) in [6.45, 7) is 2.56. The fourth-order valence-corrected chi connectivity index (χ4v) is 3.08. The van der Waals surface area contributed by atoms with E-state index in [1.54, 1.807) is 10.9 Å². The minimum Gasteiger partial charge on any atom is -0.351 e. The molecule has 1 N–H and O–H groups in total. The van der Waals surface area contributed by atoms with Crippen LogP contribution in [0.5, 0.6) is 0 Å². The Morgan fingerprint density at radius 1 is 1.16 bits per heavy atom. The second-order valence-electron chi connectivity index (χ2n) is 6.38. The zero-order valence-electron chi connectivity index (χ0n) is 14.2. The van der Waals surface area contributed by atoms with Crippen molar-refractivity contribution in [2.75, 3.05) is 5.32 Å². The van der Waals surface area contributed by atoms with E-state index >= 15 is 0 Å². The number of nitrogens with one attached hydrogen (secondary N) is 1. The van der Waals surface area contributed by atoms with Crippen molar-refractivity contribution >= 4 is 5.95 Å². The molecule has 2 aromatic heterocycles. The fourth-order valence-electron chi connectivity index (χ4n) is 3.08. The molecule has 25 heavy (non-hydrogen) atoms. The Labute approximate surface area is 144 Å². The van der Waals surface area contributed by atoms with Gasteiger partial charge in [0.2, 0.25) is 5.95 Å². The van der Waals surface area contributed by atoms with Crippen molar-refractivity contribution in [2.24, 2.45) is 0 Å². The molecule has 0 atom stereocenters. The summed E-state index contributed by atoms with van der Waals surface area (Å²) in [5, 5.41) is 7.23. The number of halogens is 3. The van der Waals surface area contributed by atoms with Crippen LogP contribution in [0.25, 0.3) is 11.3 Å². The van der Waals surface area contributed by atoms with Gasteiger partial charge in [0.15, 0.2) is 5.69 Å². The summed E-state index contributed by atoms with van der Waals surface area (Å²) in [6.07, 6.45) is 5.06. The van der Waals surface area contributed by atoms with E-state index in [4.69, 9.17) is 0 Å². The van der Waals surface area contributed by atoms with E-state index in [0.29, 0.717) is 12.1 Å². The highest BCUT2D eigenvalue weighted by Gasteiger charge is 2.34. The zero-order chi connectivity index (χ0) is 17.9. The molecule has 0 saturated heterocycles. The Hall–Kier alpha value is -2.12. The molecule has 0 radical (unpaired) electrons. The van der Waals surface area contributed by atoms with E-state index in [0.717, 1.165) is 31.7 Å². The largest absolute Gasteiger partial charge is 0.433 e. The molecule has 5 nitrogen and oxygen atoms in total. The highest BCUT2D eigenvalue weighted by atomic mass is 19.4. The number of hydrogen-bond acceptors (Lipinski definition) is 4. The lowest BCUT2D eigenvalue weighted by Crippen LogP contribution is -2.21. The molecule has 0 unspecified atom stereocenters. The Balaban J connectivity index is 1.92. The predicted molar refractivity (Wildman–Crippen MR) is 89.0 cm³/mol. The van der Waals surface area contributed by atoms with Gasteiger partial charge in [0.05, 0.1) is 11.9 Å². The number of hydrogen-bond donors (Lipinski definition) is 1. The lowest BCUT2D eigenvalue weighted by Gasteiger charge is -2.17. The molecule has 2 heterocycles. The van der Waals surface area contributed by atoms with Crippen molar-refractivity contribution in [1.82, 2.24) is 19.7 Å². The number of aromatic nitrogens is 4. The molecule has 3 rings (SSSR count). The normalized spacial score (nSPS) is 16.6. The lowest BCUT2D eigenvalue weighted by atomic mass is 10.1. The lowest BCUT2D eigenvalue weighted by molar-refractivity contribution is -0.141. The number of anilines is 1. The molecule has 0 aromatic carbocycles. The topological polar surface area (TPSA) is 55.6 Å². The van der Waals surface area contributed by atoms with E-state index in [9.17, 15) is 13.2 Å². The van der Waals surface area contributed by atoms with Gasteiger partial charge in [-0.15, -0.1) is 0 Å². The summed E-state index contributed by atoms with van der Waals surface area (Å²) in [7, 11) is 0. The molecule has 1 saturated carbocycles. The van der Waals surface area contributed by atoms with Crippen molar-refractivity contribution in [3.05, 3.63) is 24.2 Å². The van der Waals surface area contributed by atoms with Crippen molar-refractivity contribution < 1.29 is 13.2 Å². The molecule has 1 aliphatic rings. The average Bonchev–Trinajstić information content (AvgIpc) is 2.92. The summed E-state index contributed by atoms with van der Waals surface area (Å²) in [6, 6.07) is 1.10. The average molecular weight is 353 g/mol. The number of alkyl halides is 3. The summed E-state index contributed by atoms with van der Waals surface area (Å²) >= 11 is 0. The van der Waals surface area contributed by atoms with Crippen LogP contribution in [-0.2, 0) is 12.7 Å². The van der Waals surface area contributed by atoms with Gasteiger partial charge in [-0.3, -0.25) is 4.68 Å². The second kappa shape index (κ2) is 7.41. The molecule has 2 aromatic rings. The molecule has 1 fully saturated rings. The van der Waals surface area contributed by atoms with Gasteiger partial charge in [-0.25, -0.2) is 9.97 Å². The third-order valence-electron chi connectivity index (χ3n) is 4.46. The van der Waals surface area contributed by atoms with Gasteiger partial charge in [-0.2, -0.15) is 18.3 Å². The van der Waals surface area contributed by atoms with Gasteiger partial charge in [0.25, 0.3) is 0 Å². The molecule has 0 bridgehead atoms. The third-order valence-corrected chi connectivity index (χ3v) is 4.46. The van der Waals surface area contributed by atoms with Crippen LogP contribution in [-0.4, -0.2) is 25.8 Å². The second-order valence-corrected chi connectivity index (χ2v) is 6.38. The SMILES string of the molecule is CCn1cc(-c2cc(C(F)(F)F)nc(NC3CCCCCC3)n2)cn1. The van der Waals surface area contributed by atoms with Crippen LogP contribution >= 0.6 is 0 Å². The van der Waals surface area contributed by atoms with Gasteiger partial charge in [0.1, 0.15) is 0 Å². The number of nitrogens with zero attached hydrogens (tertiary/aromatic N) is 4. The van der Waals surface area contributed by atoms with Gasteiger partial charge in [0, 0.05) is 24.3 Å². The Morgan fingerprint density at radius 3 is 2.48 bits per heavy atom. The first-order valence-corrected chi connectivity index (χ1v) is 8.71. The van der Waals surface area contributed by atoms with Crippen LogP contribution in [0.1, 0.15) is 51.1 Å². The van der Waals surface area contributed by atoms with E-state index in [1.165, 1.54) is 19.0 Å². The minimum absolute atomic E-state index is 0.0426. The fraction of sp³-hybridized carbons (Fsp3) is 0.588. The van der Waals surface area contributed by atoms with Crippen molar-refractivity contribution in [3.8, 4) is 11.3 Å². The molecule has 1 aliphatic carbocycles. The summed E-state index contributed by atoms with van der Waals surface area (Å²) < 4.78 is 41.4. The summed E-state index contributed by atoms with van der Waals surface area (Å²) in [5.74, 6) is 0.0426. The molecular formula is C17H22F3N5. The smallest absolute Gasteiger partial charge is 0.351 e. The van der Waals surface area contributed by atoms with Crippen molar-refractivity contribution in [1.29, 1.82) is 0 Å². The van der Waals surface area contributed by atoms with Gasteiger partial charge < -0.3 is 5.32 Å². The Morgan fingerprint density at radius 2 is 1.88 bits per heavy atom. The number of rotatable bonds is 4. The van der Waals surface area contributed by atoms with Crippen LogP contribution in [0.15, 0.2) is 18.5 Å². The van der Waals surface area contributed by atoms with Crippen molar-refractivity contribution in [3.63, 3.8) is 0 Å². The maximum Gasteiger partial charge on any atom is 0.433 e. The third kappa shape index (κ3) is 4.49. The maximum absolute atomic E-state index is 13.2. The first kappa shape index (κ1) is 17.7. The Bertz CT molecular complexity index is 703. The van der Waals surface area contributed by atoms with Gasteiger partial charge >= 0.3 is 6.18 Å².